The van der Waals surface area contributed by atoms with E-state index in [1.165, 1.54) is 0 Å². The summed E-state index contributed by atoms with van der Waals surface area (Å²) in [5.74, 6) is 0.981. The molecule has 0 unspecified atom stereocenters. The molecule has 0 amide bonds. The number of aromatic nitrogens is 2. The standard InChI is InChI=1S/C16H19ClN4.C4H10O.C2H2.CH2O/c1-18-12-7-10-21(11-8-12)15-6-5-13(17)16(20-15)14-4-2-3-9-19-14;1-3-4-5-2;2*1-2/h2-6,9,12,18H,7-8,10-11H2,1H3;3-4H2,1-2H3;1-2H;1H2. The molecule has 0 atom stereocenters. The molecule has 30 heavy (non-hydrogen) atoms. The predicted octanol–water partition coefficient (Wildman–Crippen LogP) is 4.09. The number of methoxy groups -OCH3 is 1. The lowest BCUT2D eigenvalue weighted by Gasteiger charge is -2.32. The van der Waals surface area contributed by atoms with E-state index in [2.05, 4.69) is 35.0 Å². The van der Waals surface area contributed by atoms with Gasteiger partial charge in [-0.1, -0.05) is 24.6 Å². The lowest BCUT2D eigenvalue weighted by Crippen LogP contribution is -2.41. The van der Waals surface area contributed by atoms with Gasteiger partial charge in [0, 0.05) is 39.0 Å². The van der Waals surface area contributed by atoms with Crippen LogP contribution >= 0.6 is 11.6 Å². The maximum Gasteiger partial charge on any atom is 0.129 e. The van der Waals surface area contributed by atoms with Crippen LogP contribution in [0.1, 0.15) is 26.2 Å². The summed E-state index contributed by atoms with van der Waals surface area (Å²) in [5.41, 5.74) is 1.57. The molecule has 1 aliphatic heterocycles. The Morgan fingerprint density at radius 1 is 1.23 bits per heavy atom. The van der Waals surface area contributed by atoms with Gasteiger partial charge < -0.3 is 19.7 Å². The van der Waals surface area contributed by atoms with Crippen molar-refractivity contribution in [1.29, 1.82) is 0 Å². The zero-order valence-corrected chi connectivity index (χ0v) is 18.9. The molecule has 0 aromatic carbocycles. The highest BCUT2D eigenvalue weighted by atomic mass is 35.5. The number of carbonyl (C=O) groups is 1. The zero-order chi connectivity index (χ0) is 22.8. The highest BCUT2D eigenvalue weighted by Gasteiger charge is 2.19. The average molecular weight is 433 g/mol. The van der Waals surface area contributed by atoms with Gasteiger partial charge >= 0.3 is 0 Å². The van der Waals surface area contributed by atoms with Crippen molar-refractivity contribution in [3.8, 4) is 24.2 Å². The van der Waals surface area contributed by atoms with Gasteiger partial charge in [0.1, 0.15) is 18.3 Å². The summed E-state index contributed by atoms with van der Waals surface area (Å²) < 4.78 is 4.69. The van der Waals surface area contributed by atoms with Crippen molar-refractivity contribution in [2.24, 2.45) is 0 Å². The molecule has 164 valence electrons. The fraction of sp³-hybridized carbons (Fsp3) is 0.435. The number of piperidine rings is 1. The molecule has 1 saturated heterocycles. The van der Waals surface area contributed by atoms with Gasteiger partial charge in [-0.15, -0.1) is 12.8 Å². The van der Waals surface area contributed by atoms with Crippen molar-refractivity contribution in [1.82, 2.24) is 15.3 Å². The molecule has 0 saturated carbocycles. The molecule has 3 rings (SSSR count). The minimum absolute atomic E-state index is 0.615. The summed E-state index contributed by atoms with van der Waals surface area (Å²) >= 11 is 6.28. The minimum Gasteiger partial charge on any atom is -0.385 e. The van der Waals surface area contributed by atoms with E-state index >= 15 is 0 Å². The lowest BCUT2D eigenvalue weighted by atomic mass is 10.1. The van der Waals surface area contributed by atoms with Crippen LogP contribution in [0.15, 0.2) is 36.5 Å². The first-order valence-corrected chi connectivity index (χ1v) is 10.2. The third-order valence-corrected chi connectivity index (χ3v) is 4.68. The van der Waals surface area contributed by atoms with Crippen molar-refractivity contribution in [3.63, 3.8) is 0 Å². The third kappa shape index (κ3) is 9.36. The van der Waals surface area contributed by atoms with Crippen LogP contribution in [-0.2, 0) is 9.53 Å². The van der Waals surface area contributed by atoms with Gasteiger partial charge in [0.2, 0.25) is 0 Å². The van der Waals surface area contributed by atoms with Crippen LogP contribution in [0.5, 0.6) is 0 Å². The Labute approximate surface area is 186 Å². The molecular weight excluding hydrogens is 400 g/mol. The first kappa shape index (κ1) is 27.5. The van der Waals surface area contributed by atoms with Gasteiger partial charge in [-0.05, 0) is 50.6 Å². The number of ether oxygens (including phenoxy) is 1. The summed E-state index contributed by atoms with van der Waals surface area (Å²) in [5, 5.41) is 3.99. The molecule has 2 aromatic heterocycles. The zero-order valence-electron chi connectivity index (χ0n) is 18.2. The van der Waals surface area contributed by atoms with E-state index in [1.807, 2.05) is 44.2 Å². The average Bonchev–Trinajstić information content (AvgIpc) is 2.83. The molecule has 1 aliphatic rings. The molecule has 0 spiro atoms. The number of nitrogens with zero attached hydrogens (tertiary/aromatic N) is 3. The van der Waals surface area contributed by atoms with Crippen LogP contribution in [0, 0.1) is 12.8 Å². The monoisotopic (exact) mass is 432 g/mol. The molecule has 0 aliphatic carbocycles. The summed E-state index contributed by atoms with van der Waals surface area (Å²) in [6, 6.07) is 10.3. The van der Waals surface area contributed by atoms with Gasteiger partial charge in [0.25, 0.3) is 0 Å². The quantitative estimate of drug-likeness (QED) is 0.717. The van der Waals surface area contributed by atoms with E-state index in [0.29, 0.717) is 11.1 Å². The van der Waals surface area contributed by atoms with Crippen molar-refractivity contribution >= 4 is 24.2 Å². The SMILES string of the molecule is C#C.C=O.CCCOC.CNC1CCN(c2ccc(Cl)c(-c3ccccn3)n2)CC1. The lowest BCUT2D eigenvalue weighted by molar-refractivity contribution is -0.0979. The fourth-order valence-corrected chi connectivity index (χ4v) is 3.09. The van der Waals surface area contributed by atoms with E-state index in [1.54, 1.807) is 13.3 Å². The van der Waals surface area contributed by atoms with Crippen LogP contribution in [0.25, 0.3) is 11.4 Å². The van der Waals surface area contributed by atoms with Crippen LogP contribution in [0.3, 0.4) is 0 Å². The Morgan fingerprint density at radius 2 is 1.90 bits per heavy atom. The second kappa shape index (κ2) is 17.4. The van der Waals surface area contributed by atoms with Gasteiger partial charge in [-0.3, -0.25) is 4.98 Å². The molecule has 3 heterocycles. The van der Waals surface area contributed by atoms with Crippen molar-refractivity contribution in [2.75, 3.05) is 38.8 Å². The number of hydrogen-bond donors (Lipinski definition) is 1. The maximum atomic E-state index is 8.00. The molecular formula is C23H33ClN4O2. The highest BCUT2D eigenvalue weighted by Crippen LogP contribution is 2.28. The number of nitrogens with one attached hydrogen (secondary N) is 1. The van der Waals surface area contributed by atoms with E-state index in [0.717, 1.165) is 56.2 Å². The molecule has 7 heteroatoms. The van der Waals surface area contributed by atoms with Crippen LogP contribution < -0.4 is 10.2 Å². The van der Waals surface area contributed by atoms with E-state index < -0.39 is 0 Å². The Bertz CT molecular complexity index is 703. The van der Waals surface area contributed by atoms with Gasteiger partial charge in [-0.25, -0.2) is 4.98 Å². The third-order valence-electron chi connectivity index (χ3n) is 4.37. The topological polar surface area (TPSA) is 67.3 Å². The molecule has 0 radical (unpaired) electrons. The number of anilines is 1. The van der Waals surface area contributed by atoms with E-state index in [4.69, 9.17) is 26.1 Å². The first-order valence-electron chi connectivity index (χ1n) is 9.80. The Kier molecular flexibility index (Phi) is 16.0. The first-order chi connectivity index (χ1) is 14.7. The summed E-state index contributed by atoms with van der Waals surface area (Å²) in [6.45, 7) is 7.01. The van der Waals surface area contributed by atoms with Crippen molar-refractivity contribution in [2.45, 2.75) is 32.2 Å². The number of halogens is 1. The number of terminal acetylenes is 1. The number of pyridine rings is 2. The molecule has 1 N–H and O–H groups in total. The Morgan fingerprint density at radius 3 is 2.37 bits per heavy atom. The summed E-state index contributed by atoms with van der Waals surface area (Å²) in [6.07, 6.45) is 13.2. The number of rotatable bonds is 5. The smallest absolute Gasteiger partial charge is 0.129 e. The van der Waals surface area contributed by atoms with Gasteiger partial charge in [0.05, 0.1) is 10.7 Å². The molecule has 6 nitrogen and oxygen atoms in total. The minimum atomic E-state index is 0.615. The second-order valence-corrected chi connectivity index (χ2v) is 6.66. The molecule has 1 fully saturated rings. The van der Waals surface area contributed by atoms with E-state index in [9.17, 15) is 0 Å². The van der Waals surface area contributed by atoms with Crippen LogP contribution in [0.4, 0.5) is 5.82 Å². The predicted molar refractivity (Wildman–Crippen MR) is 126 cm³/mol. The van der Waals surface area contributed by atoms with Crippen molar-refractivity contribution < 1.29 is 9.53 Å². The summed E-state index contributed by atoms with van der Waals surface area (Å²) in [4.78, 5) is 19.4. The molecule has 0 bridgehead atoms. The van der Waals surface area contributed by atoms with Crippen LogP contribution in [0.2, 0.25) is 5.02 Å². The fourth-order valence-electron chi connectivity index (χ4n) is 2.89. The van der Waals surface area contributed by atoms with Crippen molar-refractivity contribution in [3.05, 3.63) is 41.6 Å². The maximum absolute atomic E-state index is 8.00. The van der Waals surface area contributed by atoms with E-state index in [-0.39, 0.29) is 0 Å². The normalized spacial score (nSPS) is 12.9. The summed E-state index contributed by atoms with van der Waals surface area (Å²) in [7, 11) is 3.74. The van der Waals surface area contributed by atoms with Gasteiger partial charge in [0.15, 0.2) is 0 Å². The largest absolute Gasteiger partial charge is 0.385 e. The second-order valence-electron chi connectivity index (χ2n) is 6.26. The van der Waals surface area contributed by atoms with Gasteiger partial charge in [-0.2, -0.15) is 0 Å². The molecule has 2 aromatic rings. The Hall–Kier alpha value is -2.46. The highest BCUT2D eigenvalue weighted by molar-refractivity contribution is 6.33. The Balaban J connectivity index is 0.000000808. The van der Waals surface area contributed by atoms with Crippen LogP contribution in [-0.4, -0.2) is 56.7 Å². The number of hydrogen-bond acceptors (Lipinski definition) is 6. The number of carbonyl (C=O) groups excluding carboxylic acids is 1.